The van der Waals surface area contributed by atoms with Crippen LogP contribution in [0.1, 0.15) is 25.7 Å². The number of carbonyl (C=O) groups excluding carboxylic acids is 3. The molecule has 5 heteroatoms. The summed E-state index contributed by atoms with van der Waals surface area (Å²) in [5.74, 6) is 0.0340. The average Bonchev–Trinajstić information content (AvgIpc) is 2.27. The second-order valence-corrected chi connectivity index (χ2v) is 3.73. The van der Waals surface area contributed by atoms with Crippen LogP contribution in [0.15, 0.2) is 9.98 Å². The van der Waals surface area contributed by atoms with Gasteiger partial charge in [-0.3, -0.25) is 4.79 Å². The standard InChI is InChI=1S/C10H12N2O3/c13-7-11-5-10(6-12-8-14)4-2-1-3-9(10)15/h1-6H2. The lowest BCUT2D eigenvalue weighted by Crippen LogP contribution is -2.39. The van der Waals surface area contributed by atoms with Crippen LogP contribution < -0.4 is 0 Å². The molecule has 1 saturated carbocycles. The maximum atomic E-state index is 11.7. The summed E-state index contributed by atoms with van der Waals surface area (Å²) >= 11 is 0. The molecule has 1 aliphatic rings. The molecule has 0 saturated heterocycles. The predicted molar refractivity (Wildman–Crippen MR) is 51.9 cm³/mol. The van der Waals surface area contributed by atoms with Crippen LogP contribution in [0.2, 0.25) is 0 Å². The van der Waals surface area contributed by atoms with Crippen molar-refractivity contribution in [1.82, 2.24) is 0 Å². The average molecular weight is 208 g/mol. The zero-order chi connectivity index (χ0) is 11.1. The zero-order valence-electron chi connectivity index (χ0n) is 8.36. The number of aliphatic imine (C=N–C) groups is 2. The quantitative estimate of drug-likeness (QED) is 0.506. The van der Waals surface area contributed by atoms with Crippen LogP contribution in [0, 0.1) is 5.41 Å². The van der Waals surface area contributed by atoms with E-state index in [-0.39, 0.29) is 18.9 Å². The minimum absolute atomic E-state index is 0.0340. The summed E-state index contributed by atoms with van der Waals surface area (Å²) in [7, 11) is 0. The van der Waals surface area contributed by atoms with Gasteiger partial charge in [0.2, 0.25) is 12.2 Å². The van der Waals surface area contributed by atoms with Gasteiger partial charge in [0, 0.05) is 6.42 Å². The Kier molecular flexibility index (Phi) is 4.10. The molecule has 0 N–H and O–H groups in total. The fourth-order valence-electron chi connectivity index (χ4n) is 1.91. The van der Waals surface area contributed by atoms with E-state index in [1.807, 2.05) is 0 Å². The molecule has 0 spiro atoms. The van der Waals surface area contributed by atoms with E-state index in [0.717, 1.165) is 12.8 Å². The number of rotatable bonds is 4. The van der Waals surface area contributed by atoms with Gasteiger partial charge >= 0.3 is 0 Å². The van der Waals surface area contributed by atoms with Crippen LogP contribution in [-0.4, -0.2) is 31.0 Å². The fourth-order valence-corrected chi connectivity index (χ4v) is 1.91. The highest BCUT2D eigenvalue weighted by atomic mass is 16.1. The van der Waals surface area contributed by atoms with Gasteiger partial charge in [-0.15, -0.1) is 0 Å². The monoisotopic (exact) mass is 208 g/mol. The Labute approximate surface area is 87.3 Å². The number of nitrogens with zero attached hydrogens (tertiary/aromatic N) is 2. The minimum atomic E-state index is -0.757. The van der Waals surface area contributed by atoms with Crippen molar-refractivity contribution in [3.63, 3.8) is 0 Å². The van der Waals surface area contributed by atoms with Gasteiger partial charge in [0.1, 0.15) is 5.78 Å². The van der Waals surface area contributed by atoms with E-state index in [0.29, 0.717) is 12.8 Å². The van der Waals surface area contributed by atoms with E-state index in [2.05, 4.69) is 9.98 Å². The molecule has 0 radical (unpaired) electrons. The Bertz CT molecular complexity index is 319. The molecule has 0 heterocycles. The van der Waals surface area contributed by atoms with Gasteiger partial charge < -0.3 is 0 Å². The Morgan fingerprint density at radius 2 is 1.73 bits per heavy atom. The van der Waals surface area contributed by atoms with Crippen LogP contribution in [0.4, 0.5) is 0 Å². The topological polar surface area (TPSA) is 75.9 Å². The lowest BCUT2D eigenvalue weighted by Gasteiger charge is -2.31. The third-order valence-corrected chi connectivity index (χ3v) is 2.79. The van der Waals surface area contributed by atoms with Gasteiger partial charge in [-0.25, -0.2) is 19.6 Å². The molecular weight excluding hydrogens is 196 g/mol. The fraction of sp³-hybridized carbons (Fsp3) is 0.700. The minimum Gasteiger partial charge on any atom is -0.299 e. The molecule has 1 fully saturated rings. The van der Waals surface area contributed by atoms with Crippen molar-refractivity contribution in [2.45, 2.75) is 25.7 Å². The highest BCUT2D eigenvalue weighted by molar-refractivity contribution is 5.86. The molecule has 15 heavy (non-hydrogen) atoms. The van der Waals surface area contributed by atoms with Gasteiger partial charge in [0.05, 0.1) is 18.5 Å². The van der Waals surface area contributed by atoms with Gasteiger partial charge in [0.15, 0.2) is 0 Å². The molecule has 5 nitrogen and oxygen atoms in total. The summed E-state index contributed by atoms with van der Waals surface area (Å²) in [4.78, 5) is 38.8. The van der Waals surface area contributed by atoms with Crippen molar-refractivity contribution in [3.8, 4) is 0 Å². The number of isocyanates is 2. The smallest absolute Gasteiger partial charge is 0.234 e. The Morgan fingerprint density at radius 3 is 2.20 bits per heavy atom. The maximum absolute atomic E-state index is 11.7. The van der Waals surface area contributed by atoms with Crippen molar-refractivity contribution >= 4 is 17.9 Å². The second kappa shape index (κ2) is 5.35. The molecule has 0 bridgehead atoms. The van der Waals surface area contributed by atoms with E-state index in [9.17, 15) is 14.4 Å². The largest absolute Gasteiger partial charge is 0.299 e. The zero-order valence-corrected chi connectivity index (χ0v) is 8.36. The van der Waals surface area contributed by atoms with Crippen molar-refractivity contribution in [1.29, 1.82) is 0 Å². The Balaban J connectivity index is 2.85. The molecule has 80 valence electrons. The molecule has 0 aromatic rings. The van der Waals surface area contributed by atoms with E-state index in [1.54, 1.807) is 0 Å². The van der Waals surface area contributed by atoms with Crippen LogP contribution in [0.25, 0.3) is 0 Å². The number of ketones is 1. The molecule has 1 aliphatic carbocycles. The molecule has 0 aliphatic heterocycles. The van der Waals surface area contributed by atoms with Gasteiger partial charge in [-0.05, 0) is 12.8 Å². The molecule has 0 atom stereocenters. The van der Waals surface area contributed by atoms with Gasteiger partial charge in [-0.2, -0.15) is 0 Å². The summed E-state index contributed by atoms with van der Waals surface area (Å²) in [6.07, 6.45) is 5.70. The van der Waals surface area contributed by atoms with Crippen molar-refractivity contribution < 1.29 is 14.4 Å². The van der Waals surface area contributed by atoms with Crippen LogP contribution in [0.5, 0.6) is 0 Å². The van der Waals surface area contributed by atoms with E-state index in [1.165, 1.54) is 12.2 Å². The van der Waals surface area contributed by atoms with Crippen LogP contribution >= 0.6 is 0 Å². The first-order valence-corrected chi connectivity index (χ1v) is 4.86. The molecule has 0 aromatic heterocycles. The molecule has 1 rings (SSSR count). The first kappa shape index (κ1) is 11.5. The highest BCUT2D eigenvalue weighted by Crippen LogP contribution is 2.33. The normalized spacial score (nSPS) is 25.2. The Morgan fingerprint density at radius 1 is 1.13 bits per heavy atom. The molecular formula is C10H12N2O3. The SMILES string of the molecule is O=C=NCC1(CN=C=O)CCCCC1=O. The van der Waals surface area contributed by atoms with Crippen LogP contribution in [-0.2, 0) is 14.4 Å². The number of Topliss-reactive ketones (excluding diaryl/α,β-unsaturated/α-hetero) is 1. The third-order valence-electron chi connectivity index (χ3n) is 2.79. The van der Waals surface area contributed by atoms with Gasteiger partial charge in [0.25, 0.3) is 0 Å². The van der Waals surface area contributed by atoms with Crippen molar-refractivity contribution in [2.75, 3.05) is 13.1 Å². The summed E-state index contributed by atoms with van der Waals surface area (Å²) in [5.41, 5.74) is -0.757. The summed E-state index contributed by atoms with van der Waals surface area (Å²) in [6, 6.07) is 0. The number of hydrogen-bond acceptors (Lipinski definition) is 5. The summed E-state index contributed by atoms with van der Waals surface area (Å²) in [5, 5.41) is 0. The Hall–Kier alpha value is -1.57. The van der Waals surface area contributed by atoms with E-state index >= 15 is 0 Å². The first-order valence-electron chi connectivity index (χ1n) is 4.86. The third kappa shape index (κ3) is 2.69. The van der Waals surface area contributed by atoms with E-state index in [4.69, 9.17) is 0 Å². The maximum Gasteiger partial charge on any atom is 0.234 e. The van der Waals surface area contributed by atoms with Crippen molar-refractivity contribution in [3.05, 3.63) is 0 Å². The molecule has 0 amide bonds. The summed E-state index contributed by atoms with van der Waals surface area (Å²) in [6.45, 7) is 0.168. The van der Waals surface area contributed by atoms with Crippen LogP contribution in [0.3, 0.4) is 0 Å². The van der Waals surface area contributed by atoms with Gasteiger partial charge in [-0.1, -0.05) is 6.42 Å². The van der Waals surface area contributed by atoms with E-state index < -0.39 is 5.41 Å². The molecule has 0 aromatic carbocycles. The number of carbonyl (C=O) groups is 1. The highest BCUT2D eigenvalue weighted by Gasteiger charge is 2.39. The lowest BCUT2D eigenvalue weighted by atomic mass is 9.73. The number of hydrogen-bond donors (Lipinski definition) is 0. The van der Waals surface area contributed by atoms with Crippen molar-refractivity contribution in [2.24, 2.45) is 15.4 Å². The predicted octanol–water partition coefficient (Wildman–Crippen LogP) is 0.788. The lowest BCUT2D eigenvalue weighted by molar-refractivity contribution is -0.130. The molecule has 0 unspecified atom stereocenters. The first-order chi connectivity index (χ1) is 7.25. The second-order valence-electron chi connectivity index (χ2n) is 3.73. The summed E-state index contributed by atoms with van der Waals surface area (Å²) < 4.78 is 0.